The second kappa shape index (κ2) is 10.5. The maximum Gasteiger partial charge on any atom is 0.253 e. The van der Waals surface area contributed by atoms with E-state index in [1.165, 1.54) is 0 Å². The van der Waals surface area contributed by atoms with Crippen molar-refractivity contribution >= 4 is 23.6 Å². The van der Waals surface area contributed by atoms with Gasteiger partial charge in [0, 0.05) is 30.4 Å². The molecule has 2 saturated heterocycles. The number of benzene rings is 1. The third-order valence-corrected chi connectivity index (χ3v) is 7.59. The minimum Gasteiger partial charge on any atom is -0.494 e. The van der Waals surface area contributed by atoms with Crippen molar-refractivity contribution in [2.24, 2.45) is 0 Å². The number of likely N-dealkylation sites (tertiary alicyclic amines) is 1. The van der Waals surface area contributed by atoms with E-state index in [0.29, 0.717) is 25.3 Å². The van der Waals surface area contributed by atoms with E-state index in [-0.39, 0.29) is 28.8 Å². The number of hydrogen-bond acceptors (Lipinski definition) is 5. The summed E-state index contributed by atoms with van der Waals surface area (Å²) in [6.45, 7) is 8.35. The molecular weight excluding hydrogens is 398 g/mol. The van der Waals surface area contributed by atoms with E-state index in [1.807, 2.05) is 47.9 Å². The van der Waals surface area contributed by atoms with Gasteiger partial charge in [-0.25, -0.2) is 0 Å². The number of ether oxygens (including phenoxy) is 1. The predicted octanol–water partition coefficient (Wildman–Crippen LogP) is 3.42. The molecule has 6 nitrogen and oxygen atoms in total. The predicted molar refractivity (Wildman–Crippen MR) is 122 cm³/mol. The van der Waals surface area contributed by atoms with Crippen LogP contribution in [0.15, 0.2) is 24.3 Å². The topological polar surface area (TPSA) is 70.7 Å². The smallest absolute Gasteiger partial charge is 0.253 e. The van der Waals surface area contributed by atoms with Crippen LogP contribution >= 0.6 is 11.8 Å². The number of nitrogens with zero attached hydrogens (tertiary/aromatic N) is 1. The van der Waals surface area contributed by atoms with Crippen molar-refractivity contribution < 1.29 is 14.3 Å². The van der Waals surface area contributed by atoms with Crippen LogP contribution in [-0.2, 0) is 4.79 Å². The van der Waals surface area contributed by atoms with Crippen LogP contribution in [0.1, 0.15) is 63.2 Å². The van der Waals surface area contributed by atoms with Gasteiger partial charge >= 0.3 is 0 Å². The SMILES string of the molecule is CCCCOc1ccc(C(=O)N2CCC3(CC2)N[C@H](C(=O)N[C@@H](C)CC)CS3)cc1. The van der Waals surface area contributed by atoms with Gasteiger partial charge < -0.3 is 15.0 Å². The molecule has 2 fully saturated rings. The number of piperidine rings is 1. The van der Waals surface area contributed by atoms with Crippen molar-refractivity contribution in [3.63, 3.8) is 0 Å². The molecular formula is C23H35N3O3S. The summed E-state index contributed by atoms with van der Waals surface area (Å²) in [5.74, 6) is 1.76. The van der Waals surface area contributed by atoms with E-state index in [2.05, 4.69) is 24.5 Å². The van der Waals surface area contributed by atoms with Crippen molar-refractivity contribution in [2.75, 3.05) is 25.4 Å². The van der Waals surface area contributed by atoms with Gasteiger partial charge in [0.05, 0.1) is 17.5 Å². The number of carbonyl (C=O) groups is 2. The first-order valence-corrected chi connectivity index (χ1v) is 12.2. The van der Waals surface area contributed by atoms with Crippen molar-refractivity contribution in [1.82, 2.24) is 15.5 Å². The van der Waals surface area contributed by atoms with Gasteiger partial charge in [-0.2, -0.15) is 0 Å². The molecule has 0 bridgehead atoms. The fourth-order valence-electron chi connectivity index (χ4n) is 3.80. The Bertz CT molecular complexity index is 717. The van der Waals surface area contributed by atoms with E-state index < -0.39 is 0 Å². The van der Waals surface area contributed by atoms with Crippen molar-refractivity contribution in [3.8, 4) is 5.75 Å². The van der Waals surface area contributed by atoms with E-state index in [1.54, 1.807) is 0 Å². The second-order valence-electron chi connectivity index (χ2n) is 8.34. The van der Waals surface area contributed by atoms with E-state index in [0.717, 1.165) is 43.6 Å². The molecule has 0 aromatic heterocycles. The summed E-state index contributed by atoms with van der Waals surface area (Å²) < 4.78 is 5.68. The summed E-state index contributed by atoms with van der Waals surface area (Å²) in [5.41, 5.74) is 0.701. The summed E-state index contributed by atoms with van der Waals surface area (Å²) in [7, 11) is 0. The number of thioether (sulfide) groups is 1. The average molecular weight is 434 g/mol. The maximum absolute atomic E-state index is 12.9. The molecule has 2 N–H and O–H groups in total. The molecule has 1 aromatic rings. The number of rotatable bonds is 8. The lowest BCUT2D eigenvalue weighted by Crippen LogP contribution is -2.55. The van der Waals surface area contributed by atoms with Gasteiger partial charge in [-0.1, -0.05) is 20.3 Å². The molecule has 0 unspecified atom stereocenters. The van der Waals surface area contributed by atoms with E-state index >= 15 is 0 Å². The highest BCUT2D eigenvalue weighted by Gasteiger charge is 2.44. The molecule has 0 radical (unpaired) electrons. The highest BCUT2D eigenvalue weighted by Crippen LogP contribution is 2.39. The van der Waals surface area contributed by atoms with E-state index in [9.17, 15) is 9.59 Å². The highest BCUT2D eigenvalue weighted by atomic mass is 32.2. The molecule has 2 heterocycles. The molecule has 30 heavy (non-hydrogen) atoms. The van der Waals surface area contributed by atoms with Crippen LogP contribution in [0.3, 0.4) is 0 Å². The number of carbonyl (C=O) groups excluding carboxylic acids is 2. The summed E-state index contributed by atoms with van der Waals surface area (Å²) >= 11 is 1.83. The zero-order valence-corrected chi connectivity index (χ0v) is 19.2. The second-order valence-corrected chi connectivity index (χ2v) is 9.74. The minimum absolute atomic E-state index is 0.0685. The van der Waals surface area contributed by atoms with Crippen LogP contribution in [0, 0.1) is 0 Å². The Kier molecular flexibility index (Phi) is 8.06. The van der Waals surface area contributed by atoms with Gasteiger partial charge in [0.25, 0.3) is 5.91 Å². The van der Waals surface area contributed by atoms with Crippen LogP contribution in [-0.4, -0.2) is 59.1 Å². The highest BCUT2D eigenvalue weighted by molar-refractivity contribution is 8.01. The normalized spacial score (nSPS) is 21.4. The summed E-state index contributed by atoms with van der Waals surface area (Å²) in [4.78, 5) is 27.2. The molecule has 2 aliphatic heterocycles. The third-order valence-electron chi connectivity index (χ3n) is 6.01. The Labute approximate surface area is 184 Å². The Morgan fingerprint density at radius 1 is 1.27 bits per heavy atom. The van der Waals surface area contributed by atoms with Gasteiger partial charge in [0.1, 0.15) is 5.75 Å². The quantitative estimate of drug-likeness (QED) is 0.615. The van der Waals surface area contributed by atoms with Crippen LogP contribution < -0.4 is 15.4 Å². The van der Waals surface area contributed by atoms with Gasteiger partial charge in [-0.05, 0) is 56.9 Å². The summed E-state index contributed by atoms with van der Waals surface area (Å²) in [6, 6.07) is 7.51. The molecule has 2 atom stereocenters. The fraction of sp³-hybridized carbons (Fsp3) is 0.652. The lowest BCUT2D eigenvalue weighted by molar-refractivity contribution is -0.123. The number of amides is 2. The molecule has 3 rings (SSSR count). The van der Waals surface area contributed by atoms with Crippen molar-refractivity contribution in [2.45, 2.75) is 69.8 Å². The Balaban J connectivity index is 1.49. The zero-order chi connectivity index (χ0) is 21.6. The first-order valence-electron chi connectivity index (χ1n) is 11.2. The van der Waals surface area contributed by atoms with Crippen molar-refractivity contribution in [1.29, 1.82) is 0 Å². The lowest BCUT2D eigenvalue weighted by atomic mass is 10.0. The minimum atomic E-state index is -0.147. The van der Waals surface area contributed by atoms with Crippen LogP contribution in [0.2, 0.25) is 0 Å². The zero-order valence-electron chi connectivity index (χ0n) is 18.4. The van der Waals surface area contributed by atoms with Crippen molar-refractivity contribution in [3.05, 3.63) is 29.8 Å². The standard InChI is InChI=1S/C23H35N3O3S/c1-4-6-15-29-19-9-7-18(8-10-19)22(28)26-13-11-23(12-14-26)25-20(16-30-23)21(27)24-17(3)5-2/h7-10,17,20,25H,4-6,11-16H2,1-3H3,(H,24,27)/t17-,20-/m0/s1. The summed E-state index contributed by atoms with van der Waals surface area (Å²) in [5, 5.41) is 6.64. The van der Waals surface area contributed by atoms with Crippen LogP contribution in [0.5, 0.6) is 5.75 Å². The molecule has 7 heteroatoms. The molecule has 0 aliphatic carbocycles. The number of unbranched alkanes of at least 4 members (excludes halogenated alkanes) is 1. The van der Waals surface area contributed by atoms with E-state index in [4.69, 9.17) is 4.74 Å². The molecule has 2 aliphatic rings. The average Bonchev–Trinajstić information content (AvgIpc) is 3.18. The molecule has 2 amide bonds. The largest absolute Gasteiger partial charge is 0.494 e. The summed E-state index contributed by atoms with van der Waals surface area (Å²) in [6.07, 6.45) is 4.77. The third kappa shape index (κ3) is 5.70. The molecule has 0 saturated carbocycles. The maximum atomic E-state index is 12.9. The monoisotopic (exact) mass is 433 g/mol. The van der Waals surface area contributed by atoms with Gasteiger partial charge in [0.2, 0.25) is 5.91 Å². The van der Waals surface area contributed by atoms with Crippen LogP contribution in [0.4, 0.5) is 0 Å². The van der Waals surface area contributed by atoms with Gasteiger partial charge in [0.15, 0.2) is 0 Å². The Morgan fingerprint density at radius 3 is 2.60 bits per heavy atom. The fourth-order valence-corrected chi connectivity index (χ4v) is 5.22. The lowest BCUT2D eigenvalue weighted by Gasteiger charge is -2.39. The number of nitrogens with one attached hydrogen (secondary N) is 2. The molecule has 166 valence electrons. The van der Waals surface area contributed by atoms with Gasteiger partial charge in [-0.15, -0.1) is 11.8 Å². The van der Waals surface area contributed by atoms with Gasteiger partial charge in [-0.3, -0.25) is 14.9 Å². The number of hydrogen-bond donors (Lipinski definition) is 2. The van der Waals surface area contributed by atoms with Crippen LogP contribution in [0.25, 0.3) is 0 Å². The first-order chi connectivity index (χ1) is 14.5. The first kappa shape index (κ1) is 22.9. The molecule has 1 spiro atoms. The Hall–Kier alpha value is -1.73. The molecule has 1 aromatic carbocycles. The Morgan fingerprint density at radius 2 is 1.97 bits per heavy atom.